The van der Waals surface area contributed by atoms with Crippen LogP contribution in [0.2, 0.25) is 0 Å². The van der Waals surface area contributed by atoms with Gasteiger partial charge in [-0.3, -0.25) is 4.79 Å². The first-order valence-corrected chi connectivity index (χ1v) is 7.20. The number of carboxylic acids is 1. The van der Waals surface area contributed by atoms with Crippen molar-refractivity contribution in [3.63, 3.8) is 0 Å². The van der Waals surface area contributed by atoms with Crippen molar-refractivity contribution in [2.24, 2.45) is 5.92 Å². The summed E-state index contributed by atoms with van der Waals surface area (Å²) < 4.78 is 0. The molecule has 0 aromatic carbocycles. The van der Waals surface area contributed by atoms with E-state index >= 15 is 0 Å². The molecule has 2 N–H and O–H groups in total. The van der Waals surface area contributed by atoms with Gasteiger partial charge in [-0.15, -0.1) is 6.58 Å². The van der Waals surface area contributed by atoms with E-state index in [1.165, 1.54) is 0 Å². The lowest BCUT2D eigenvalue weighted by Gasteiger charge is -2.27. The number of rotatable bonds is 9. The molecule has 0 rings (SSSR count). The van der Waals surface area contributed by atoms with Crippen LogP contribution in [0.1, 0.15) is 47.0 Å². The maximum Gasteiger partial charge on any atom is 0.318 e. The zero-order valence-electron chi connectivity index (χ0n) is 13.1. The van der Waals surface area contributed by atoms with Crippen LogP contribution in [0.3, 0.4) is 0 Å². The van der Waals surface area contributed by atoms with Gasteiger partial charge in [-0.05, 0) is 33.6 Å². The van der Waals surface area contributed by atoms with Gasteiger partial charge >= 0.3 is 12.0 Å². The summed E-state index contributed by atoms with van der Waals surface area (Å²) in [6.07, 6.45) is 3.91. The van der Waals surface area contributed by atoms with E-state index in [9.17, 15) is 9.59 Å². The third-order valence-electron chi connectivity index (χ3n) is 3.28. The van der Waals surface area contributed by atoms with Crippen LogP contribution in [0.25, 0.3) is 0 Å². The van der Waals surface area contributed by atoms with E-state index in [1.54, 1.807) is 17.9 Å². The highest BCUT2D eigenvalue weighted by Gasteiger charge is 2.17. The SMILES string of the molecule is C=CCN(C(=O)NC(C)CCCC(C)C(=O)O)C(C)C. The summed E-state index contributed by atoms with van der Waals surface area (Å²) in [6, 6.07) is 0.0560. The van der Waals surface area contributed by atoms with Crippen molar-refractivity contribution in [1.29, 1.82) is 0 Å². The molecule has 0 aliphatic rings. The average Bonchev–Trinajstić information content (AvgIpc) is 2.34. The normalized spacial score (nSPS) is 13.7. The van der Waals surface area contributed by atoms with Crippen molar-refractivity contribution in [2.75, 3.05) is 6.54 Å². The highest BCUT2D eigenvalue weighted by Crippen LogP contribution is 2.10. The fraction of sp³-hybridized carbons (Fsp3) is 0.733. The molecule has 0 fully saturated rings. The summed E-state index contributed by atoms with van der Waals surface area (Å²) in [6.45, 7) is 11.7. The van der Waals surface area contributed by atoms with E-state index in [0.717, 1.165) is 12.8 Å². The molecule has 5 heteroatoms. The minimum Gasteiger partial charge on any atom is -0.481 e. The fourth-order valence-corrected chi connectivity index (χ4v) is 1.89. The third kappa shape index (κ3) is 7.16. The Hall–Kier alpha value is -1.52. The molecule has 116 valence electrons. The number of hydrogen-bond donors (Lipinski definition) is 2. The van der Waals surface area contributed by atoms with E-state index in [4.69, 9.17) is 5.11 Å². The molecule has 2 amide bonds. The largest absolute Gasteiger partial charge is 0.481 e. The maximum atomic E-state index is 12.1. The maximum absolute atomic E-state index is 12.1. The van der Waals surface area contributed by atoms with E-state index in [0.29, 0.717) is 13.0 Å². The molecule has 0 aliphatic carbocycles. The quantitative estimate of drug-likeness (QED) is 0.640. The average molecular weight is 284 g/mol. The van der Waals surface area contributed by atoms with E-state index in [1.807, 2.05) is 20.8 Å². The predicted molar refractivity (Wildman–Crippen MR) is 80.7 cm³/mol. The van der Waals surface area contributed by atoms with Crippen LogP contribution in [0.5, 0.6) is 0 Å². The van der Waals surface area contributed by atoms with Crippen LogP contribution in [-0.4, -0.2) is 40.6 Å². The Morgan fingerprint density at radius 3 is 2.30 bits per heavy atom. The minimum atomic E-state index is -0.765. The Balaban J connectivity index is 4.12. The molecule has 0 spiro atoms. The first kappa shape index (κ1) is 18.5. The van der Waals surface area contributed by atoms with Crippen LogP contribution >= 0.6 is 0 Å². The molecule has 0 aromatic rings. The Kier molecular flexibility index (Phi) is 8.68. The first-order chi connectivity index (χ1) is 9.29. The molecule has 0 saturated carbocycles. The van der Waals surface area contributed by atoms with Gasteiger partial charge in [-0.2, -0.15) is 0 Å². The van der Waals surface area contributed by atoms with Crippen LogP contribution in [-0.2, 0) is 4.79 Å². The van der Waals surface area contributed by atoms with Gasteiger partial charge in [0.1, 0.15) is 0 Å². The zero-order valence-corrected chi connectivity index (χ0v) is 13.1. The summed E-state index contributed by atoms with van der Waals surface area (Å²) in [7, 11) is 0. The van der Waals surface area contributed by atoms with Gasteiger partial charge in [0.05, 0.1) is 5.92 Å². The van der Waals surface area contributed by atoms with E-state index in [-0.39, 0.29) is 24.0 Å². The van der Waals surface area contributed by atoms with Crippen molar-refractivity contribution in [1.82, 2.24) is 10.2 Å². The number of urea groups is 1. The zero-order chi connectivity index (χ0) is 15.7. The number of nitrogens with zero attached hydrogens (tertiary/aromatic N) is 1. The molecule has 5 nitrogen and oxygen atoms in total. The molecule has 0 heterocycles. The third-order valence-corrected chi connectivity index (χ3v) is 3.28. The topological polar surface area (TPSA) is 69.6 Å². The molecule has 0 radical (unpaired) electrons. The number of amides is 2. The minimum absolute atomic E-state index is 0.0366. The molecule has 0 aliphatic heterocycles. The summed E-state index contributed by atoms with van der Waals surface area (Å²) in [5, 5.41) is 11.7. The molecule has 20 heavy (non-hydrogen) atoms. The number of hydrogen-bond acceptors (Lipinski definition) is 2. The summed E-state index contributed by atoms with van der Waals surface area (Å²) in [5.74, 6) is -1.09. The number of carbonyl (C=O) groups excluding carboxylic acids is 1. The predicted octanol–water partition coefficient (Wildman–Crippen LogP) is 2.87. The fourth-order valence-electron chi connectivity index (χ4n) is 1.89. The highest BCUT2D eigenvalue weighted by atomic mass is 16.4. The van der Waals surface area contributed by atoms with Crippen molar-refractivity contribution in [3.05, 3.63) is 12.7 Å². The molecular formula is C15H28N2O3. The Bertz CT molecular complexity index is 329. The lowest BCUT2D eigenvalue weighted by atomic mass is 10.0. The molecule has 2 unspecified atom stereocenters. The first-order valence-electron chi connectivity index (χ1n) is 7.20. The van der Waals surface area contributed by atoms with Gasteiger partial charge in [-0.25, -0.2) is 4.79 Å². The second-order valence-corrected chi connectivity index (χ2v) is 5.56. The van der Waals surface area contributed by atoms with Gasteiger partial charge in [-0.1, -0.05) is 19.4 Å². The van der Waals surface area contributed by atoms with Crippen LogP contribution < -0.4 is 5.32 Å². The summed E-state index contributed by atoms with van der Waals surface area (Å²) in [4.78, 5) is 24.5. The highest BCUT2D eigenvalue weighted by molar-refractivity contribution is 5.75. The second kappa shape index (κ2) is 9.39. The molecule has 0 bridgehead atoms. The molecule has 2 atom stereocenters. The Morgan fingerprint density at radius 2 is 1.85 bits per heavy atom. The molecular weight excluding hydrogens is 256 g/mol. The van der Waals surface area contributed by atoms with Crippen LogP contribution in [0, 0.1) is 5.92 Å². The van der Waals surface area contributed by atoms with Crippen molar-refractivity contribution >= 4 is 12.0 Å². The molecule has 0 aromatic heterocycles. The monoisotopic (exact) mass is 284 g/mol. The lowest BCUT2D eigenvalue weighted by Crippen LogP contribution is -2.47. The molecule has 0 saturated heterocycles. The van der Waals surface area contributed by atoms with E-state index < -0.39 is 5.97 Å². The summed E-state index contributed by atoms with van der Waals surface area (Å²) >= 11 is 0. The van der Waals surface area contributed by atoms with Crippen molar-refractivity contribution in [3.8, 4) is 0 Å². The smallest absolute Gasteiger partial charge is 0.318 e. The Labute approximate surface area is 122 Å². The van der Waals surface area contributed by atoms with Gasteiger partial charge in [0.15, 0.2) is 0 Å². The standard InChI is InChI=1S/C15H28N2O3/c1-6-10-17(11(2)3)15(20)16-13(5)9-7-8-12(4)14(18)19/h6,11-13H,1,7-10H2,2-5H3,(H,16,20)(H,18,19). The van der Waals surface area contributed by atoms with Crippen LogP contribution in [0.15, 0.2) is 12.7 Å². The van der Waals surface area contributed by atoms with Crippen molar-refractivity contribution < 1.29 is 14.7 Å². The number of aliphatic carboxylic acids is 1. The van der Waals surface area contributed by atoms with Crippen molar-refractivity contribution in [2.45, 2.75) is 59.0 Å². The number of carbonyl (C=O) groups is 2. The Morgan fingerprint density at radius 1 is 1.25 bits per heavy atom. The number of nitrogens with one attached hydrogen (secondary N) is 1. The van der Waals surface area contributed by atoms with Gasteiger partial charge in [0.2, 0.25) is 0 Å². The van der Waals surface area contributed by atoms with Gasteiger partial charge in [0.25, 0.3) is 0 Å². The van der Waals surface area contributed by atoms with Crippen LogP contribution in [0.4, 0.5) is 4.79 Å². The lowest BCUT2D eigenvalue weighted by molar-refractivity contribution is -0.141. The summed E-state index contributed by atoms with van der Waals surface area (Å²) in [5.41, 5.74) is 0. The van der Waals surface area contributed by atoms with Gasteiger partial charge < -0.3 is 15.3 Å². The van der Waals surface area contributed by atoms with E-state index in [2.05, 4.69) is 11.9 Å². The number of carboxylic acid groups (broad SMARTS) is 1. The second-order valence-electron chi connectivity index (χ2n) is 5.56. The van der Waals surface area contributed by atoms with Gasteiger partial charge in [0, 0.05) is 18.6 Å².